The van der Waals surface area contributed by atoms with Crippen molar-refractivity contribution in [2.24, 2.45) is 5.92 Å². The molecule has 2 amide bonds. The zero-order valence-electron chi connectivity index (χ0n) is 13.7. The lowest BCUT2D eigenvalue weighted by molar-refractivity contribution is -0.137. The third-order valence-corrected chi connectivity index (χ3v) is 5.45. The SMILES string of the molecule is CN1CCC[C@H]1C(=O)N1CCC(CCC(=O)NC2CC2)CC1. The first-order valence-electron chi connectivity index (χ1n) is 8.92. The largest absolute Gasteiger partial charge is 0.353 e. The fraction of sp³-hybridized carbons (Fsp3) is 0.882. The summed E-state index contributed by atoms with van der Waals surface area (Å²) in [5, 5.41) is 3.05. The maximum absolute atomic E-state index is 12.5. The molecule has 3 rings (SSSR count). The predicted molar refractivity (Wildman–Crippen MR) is 85.4 cm³/mol. The average molecular weight is 307 g/mol. The summed E-state index contributed by atoms with van der Waals surface area (Å²) in [7, 11) is 2.06. The zero-order valence-corrected chi connectivity index (χ0v) is 13.7. The van der Waals surface area contributed by atoms with Crippen LogP contribution < -0.4 is 5.32 Å². The van der Waals surface area contributed by atoms with Crippen molar-refractivity contribution in [2.45, 2.75) is 63.5 Å². The minimum absolute atomic E-state index is 0.112. The van der Waals surface area contributed by atoms with E-state index in [-0.39, 0.29) is 11.9 Å². The highest BCUT2D eigenvalue weighted by molar-refractivity contribution is 5.82. The molecule has 0 spiro atoms. The van der Waals surface area contributed by atoms with Crippen LogP contribution in [0.3, 0.4) is 0 Å². The number of piperidine rings is 1. The number of nitrogens with one attached hydrogen (secondary N) is 1. The van der Waals surface area contributed by atoms with Crippen LogP contribution in [-0.2, 0) is 9.59 Å². The van der Waals surface area contributed by atoms with Crippen molar-refractivity contribution < 1.29 is 9.59 Å². The van der Waals surface area contributed by atoms with Gasteiger partial charge in [-0.25, -0.2) is 0 Å². The Labute approximate surface area is 133 Å². The van der Waals surface area contributed by atoms with E-state index in [1.807, 2.05) is 4.90 Å². The van der Waals surface area contributed by atoms with Gasteiger partial charge in [0.05, 0.1) is 6.04 Å². The highest BCUT2D eigenvalue weighted by Gasteiger charge is 2.33. The Balaban J connectivity index is 1.36. The fourth-order valence-corrected chi connectivity index (χ4v) is 3.74. The minimum Gasteiger partial charge on any atom is -0.353 e. The number of amides is 2. The van der Waals surface area contributed by atoms with Crippen molar-refractivity contribution in [3.8, 4) is 0 Å². The summed E-state index contributed by atoms with van der Waals surface area (Å²) in [6.45, 7) is 2.79. The van der Waals surface area contributed by atoms with Crippen molar-refractivity contribution >= 4 is 11.8 Å². The number of nitrogens with zero attached hydrogens (tertiary/aromatic N) is 2. The van der Waals surface area contributed by atoms with Crippen LogP contribution in [0.2, 0.25) is 0 Å². The molecule has 3 fully saturated rings. The van der Waals surface area contributed by atoms with Gasteiger partial charge in [-0.2, -0.15) is 0 Å². The number of hydrogen-bond acceptors (Lipinski definition) is 3. The summed E-state index contributed by atoms with van der Waals surface area (Å²) >= 11 is 0. The molecule has 1 atom stereocenters. The van der Waals surface area contributed by atoms with Gasteiger partial charge >= 0.3 is 0 Å². The van der Waals surface area contributed by atoms with Gasteiger partial charge in [-0.15, -0.1) is 0 Å². The molecular weight excluding hydrogens is 278 g/mol. The Morgan fingerprint density at radius 1 is 1.05 bits per heavy atom. The second-order valence-corrected chi connectivity index (χ2v) is 7.29. The molecule has 0 radical (unpaired) electrons. The van der Waals surface area contributed by atoms with Crippen LogP contribution in [0.5, 0.6) is 0 Å². The Hall–Kier alpha value is -1.10. The van der Waals surface area contributed by atoms with Crippen LogP contribution in [0.1, 0.15) is 51.4 Å². The molecule has 2 saturated heterocycles. The van der Waals surface area contributed by atoms with Gasteiger partial charge in [0.1, 0.15) is 0 Å². The smallest absolute Gasteiger partial charge is 0.239 e. The molecule has 0 unspecified atom stereocenters. The summed E-state index contributed by atoms with van der Waals surface area (Å²) in [6, 6.07) is 0.580. The van der Waals surface area contributed by atoms with Gasteiger partial charge in [-0.3, -0.25) is 14.5 Å². The summed E-state index contributed by atoms with van der Waals surface area (Å²) in [5.74, 6) is 1.15. The topological polar surface area (TPSA) is 52.7 Å². The molecule has 0 aromatic rings. The van der Waals surface area contributed by atoms with E-state index in [1.165, 1.54) is 0 Å². The number of likely N-dealkylation sites (N-methyl/N-ethyl adjacent to an activating group) is 1. The monoisotopic (exact) mass is 307 g/mol. The quantitative estimate of drug-likeness (QED) is 0.835. The van der Waals surface area contributed by atoms with Crippen LogP contribution in [0, 0.1) is 5.92 Å². The third-order valence-electron chi connectivity index (χ3n) is 5.45. The number of hydrogen-bond donors (Lipinski definition) is 1. The number of carbonyl (C=O) groups excluding carboxylic acids is 2. The molecule has 0 bridgehead atoms. The summed E-state index contributed by atoms with van der Waals surface area (Å²) in [5.41, 5.74) is 0. The zero-order chi connectivity index (χ0) is 15.5. The molecule has 22 heavy (non-hydrogen) atoms. The van der Waals surface area contributed by atoms with Crippen LogP contribution in [0.15, 0.2) is 0 Å². The van der Waals surface area contributed by atoms with Crippen LogP contribution in [0.25, 0.3) is 0 Å². The summed E-state index contributed by atoms with van der Waals surface area (Å²) in [6.07, 6.45) is 8.20. The van der Waals surface area contributed by atoms with Gasteiger partial charge in [0.25, 0.3) is 0 Å². The lowest BCUT2D eigenvalue weighted by Crippen LogP contribution is -2.47. The van der Waals surface area contributed by atoms with E-state index in [1.54, 1.807) is 0 Å². The fourth-order valence-electron chi connectivity index (χ4n) is 3.74. The van der Waals surface area contributed by atoms with Crippen molar-refractivity contribution in [1.29, 1.82) is 0 Å². The minimum atomic E-state index is 0.112. The number of carbonyl (C=O) groups is 2. The van der Waals surface area contributed by atoms with Crippen LogP contribution >= 0.6 is 0 Å². The van der Waals surface area contributed by atoms with Crippen molar-refractivity contribution in [2.75, 3.05) is 26.7 Å². The first-order valence-corrected chi connectivity index (χ1v) is 8.92. The van der Waals surface area contributed by atoms with Gasteiger partial charge in [-0.05, 0) is 64.5 Å². The molecule has 5 nitrogen and oxygen atoms in total. The van der Waals surface area contributed by atoms with Crippen LogP contribution in [0.4, 0.5) is 0 Å². The van der Waals surface area contributed by atoms with Crippen molar-refractivity contribution in [1.82, 2.24) is 15.1 Å². The maximum Gasteiger partial charge on any atom is 0.239 e. The van der Waals surface area contributed by atoms with E-state index in [9.17, 15) is 9.59 Å². The Kier molecular flexibility index (Phi) is 5.01. The number of rotatable bonds is 5. The molecule has 2 aliphatic heterocycles. The molecule has 5 heteroatoms. The first-order chi connectivity index (χ1) is 10.6. The molecule has 1 saturated carbocycles. The van der Waals surface area contributed by atoms with Crippen LogP contribution in [-0.4, -0.2) is 60.4 Å². The second-order valence-electron chi connectivity index (χ2n) is 7.29. The molecule has 2 heterocycles. The van der Waals surface area contributed by atoms with E-state index >= 15 is 0 Å². The highest BCUT2D eigenvalue weighted by Crippen LogP contribution is 2.25. The number of likely N-dealkylation sites (tertiary alicyclic amines) is 2. The maximum atomic E-state index is 12.5. The predicted octanol–water partition coefficient (Wildman–Crippen LogP) is 1.38. The van der Waals surface area contributed by atoms with Gasteiger partial charge in [-0.1, -0.05) is 0 Å². The summed E-state index contributed by atoms with van der Waals surface area (Å²) < 4.78 is 0. The van der Waals surface area contributed by atoms with E-state index in [0.717, 1.165) is 64.6 Å². The first kappa shape index (κ1) is 15.8. The molecule has 124 valence electrons. The molecule has 0 aromatic heterocycles. The average Bonchev–Trinajstić information content (AvgIpc) is 3.23. The molecule has 3 aliphatic rings. The Morgan fingerprint density at radius 2 is 1.77 bits per heavy atom. The van der Waals surface area contributed by atoms with E-state index in [2.05, 4.69) is 17.3 Å². The lowest BCUT2D eigenvalue weighted by atomic mass is 9.91. The molecular formula is C17H29N3O2. The van der Waals surface area contributed by atoms with Gasteiger partial charge in [0.2, 0.25) is 11.8 Å². The van der Waals surface area contributed by atoms with E-state index < -0.39 is 0 Å². The van der Waals surface area contributed by atoms with Crippen molar-refractivity contribution in [3.63, 3.8) is 0 Å². The molecule has 1 aliphatic carbocycles. The van der Waals surface area contributed by atoms with E-state index in [4.69, 9.17) is 0 Å². The Morgan fingerprint density at radius 3 is 2.36 bits per heavy atom. The summed E-state index contributed by atoms with van der Waals surface area (Å²) in [4.78, 5) is 28.5. The van der Waals surface area contributed by atoms with E-state index in [0.29, 0.717) is 24.3 Å². The van der Waals surface area contributed by atoms with Crippen molar-refractivity contribution in [3.05, 3.63) is 0 Å². The van der Waals surface area contributed by atoms with Gasteiger partial charge in [0, 0.05) is 25.6 Å². The third kappa shape index (κ3) is 4.00. The van der Waals surface area contributed by atoms with Gasteiger partial charge < -0.3 is 10.2 Å². The standard InChI is InChI=1S/C17H29N3O2/c1-19-10-2-3-15(19)17(22)20-11-8-13(9-12-20)4-7-16(21)18-14-5-6-14/h13-15H,2-12H2,1H3,(H,18,21)/t15-/m0/s1. The Bertz CT molecular complexity index is 414. The molecule has 0 aromatic carbocycles. The second kappa shape index (κ2) is 6.99. The molecule has 1 N–H and O–H groups in total. The normalized spacial score (nSPS) is 27.1. The lowest BCUT2D eigenvalue weighted by Gasteiger charge is -2.34. The van der Waals surface area contributed by atoms with Gasteiger partial charge in [0.15, 0.2) is 0 Å². The highest BCUT2D eigenvalue weighted by atomic mass is 16.2.